The van der Waals surface area contributed by atoms with Crippen molar-refractivity contribution in [1.29, 1.82) is 0 Å². The van der Waals surface area contributed by atoms with Gasteiger partial charge in [-0.25, -0.2) is 4.98 Å². The molecule has 1 aliphatic heterocycles. The molecule has 154 valence electrons. The summed E-state index contributed by atoms with van der Waals surface area (Å²) in [4.78, 5) is 34.7. The van der Waals surface area contributed by atoms with E-state index in [1.54, 1.807) is 15.9 Å². The molecule has 29 heavy (non-hydrogen) atoms. The van der Waals surface area contributed by atoms with Gasteiger partial charge in [0.2, 0.25) is 5.91 Å². The average molecular weight is 448 g/mol. The highest BCUT2D eigenvalue weighted by Gasteiger charge is 2.26. The van der Waals surface area contributed by atoms with Crippen molar-refractivity contribution < 1.29 is 4.79 Å². The summed E-state index contributed by atoms with van der Waals surface area (Å²) in [6.45, 7) is 5.49. The number of fused-ring (bicyclic) bond motifs is 1. The summed E-state index contributed by atoms with van der Waals surface area (Å²) in [5.74, 6) is 0.487. The Morgan fingerprint density at radius 3 is 2.90 bits per heavy atom. The minimum absolute atomic E-state index is 0.0125. The molecule has 0 saturated carbocycles. The second kappa shape index (κ2) is 9.02. The topological polar surface area (TPSA) is 55.2 Å². The van der Waals surface area contributed by atoms with Crippen LogP contribution in [0.2, 0.25) is 0 Å². The van der Waals surface area contributed by atoms with Crippen molar-refractivity contribution in [3.8, 4) is 10.4 Å². The monoisotopic (exact) mass is 447 g/mol. The van der Waals surface area contributed by atoms with Gasteiger partial charge in [-0.3, -0.25) is 14.2 Å². The van der Waals surface area contributed by atoms with Gasteiger partial charge < -0.3 is 4.90 Å². The van der Waals surface area contributed by atoms with Gasteiger partial charge in [-0.2, -0.15) is 0 Å². The number of thiophene rings is 2. The van der Waals surface area contributed by atoms with Crippen molar-refractivity contribution in [3.63, 3.8) is 0 Å². The molecule has 1 unspecified atom stereocenters. The van der Waals surface area contributed by atoms with Crippen LogP contribution in [-0.4, -0.2) is 38.7 Å². The van der Waals surface area contributed by atoms with Gasteiger partial charge >= 0.3 is 0 Å². The van der Waals surface area contributed by atoms with Crippen LogP contribution in [0, 0.1) is 0 Å². The maximum absolute atomic E-state index is 13.2. The standard InChI is InChI=1S/C21H25N3O2S3/c1-3-14-8-5-6-10-24(14)17(25)13-29-21-22-19-18(20(26)23(21)4-2)15(12-28-19)16-9-7-11-27-16/h7,9,11-12,14H,3-6,8,10,13H2,1-2H3. The van der Waals surface area contributed by atoms with Crippen LogP contribution in [-0.2, 0) is 11.3 Å². The van der Waals surface area contributed by atoms with Gasteiger partial charge in [-0.1, -0.05) is 24.8 Å². The van der Waals surface area contributed by atoms with Crippen molar-refractivity contribution >= 4 is 50.6 Å². The van der Waals surface area contributed by atoms with Crippen LogP contribution in [0.3, 0.4) is 0 Å². The predicted octanol–water partition coefficient (Wildman–Crippen LogP) is 5.09. The Labute approximate surface area is 182 Å². The van der Waals surface area contributed by atoms with Gasteiger partial charge in [-0.15, -0.1) is 22.7 Å². The molecule has 0 aromatic carbocycles. The largest absolute Gasteiger partial charge is 0.339 e. The first-order chi connectivity index (χ1) is 14.1. The smallest absolute Gasteiger partial charge is 0.263 e. The lowest BCUT2D eigenvalue weighted by atomic mass is 10.0. The summed E-state index contributed by atoms with van der Waals surface area (Å²) in [6.07, 6.45) is 4.38. The molecule has 8 heteroatoms. The third-order valence-corrected chi connectivity index (χ3v) is 8.24. The molecule has 1 atom stereocenters. The normalized spacial score (nSPS) is 17.2. The number of nitrogens with zero attached hydrogens (tertiary/aromatic N) is 3. The molecular weight excluding hydrogens is 422 g/mol. The summed E-state index contributed by atoms with van der Waals surface area (Å²) in [5.41, 5.74) is 0.952. The molecule has 0 bridgehead atoms. The molecule has 1 amide bonds. The van der Waals surface area contributed by atoms with Crippen LogP contribution in [0.4, 0.5) is 0 Å². The molecule has 3 aromatic rings. The number of hydrogen-bond acceptors (Lipinski definition) is 6. The van der Waals surface area contributed by atoms with Crippen molar-refractivity contribution in [2.75, 3.05) is 12.3 Å². The van der Waals surface area contributed by atoms with Crippen molar-refractivity contribution in [2.24, 2.45) is 0 Å². The molecule has 0 N–H and O–H groups in total. The first kappa shape index (κ1) is 20.6. The second-order valence-electron chi connectivity index (χ2n) is 7.18. The Bertz CT molecular complexity index is 1060. The van der Waals surface area contributed by atoms with Gasteiger partial charge in [0.25, 0.3) is 5.56 Å². The molecule has 0 spiro atoms. The second-order valence-corrected chi connectivity index (χ2v) is 9.93. The fraction of sp³-hybridized carbons (Fsp3) is 0.476. The van der Waals surface area contributed by atoms with Gasteiger partial charge in [0.05, 0.1) is 11.1 Å². The number of rotatable bonds is 6. The third kappa shape index (κ3) is 4.02. The summed E-state index contributed by atoms with van der Waals surface area (Å²) in [7, 11) is 0. The quantitative estimate of drug-likeness (QED) is 0.390. The molecule has 3 aromatic heterocycles. The number of amides is 1. The zero-order chi connectivity index (χ0) is 20.4. The number of aromatic nitrogens is 2. The van der Waals surface area contributed by atoms with Crippen molar-refractivity contribution in [3.05, 3.63) is 33.2 Å². The fourth-order valence-electron chi connectivity index (χ4n) is 3.97. The Morgan fingerprint density at radius 2 is 2.17 bits per heavy atom. The predicted molar refractivity (Wildman–Crippen MR) is 123 cm³/mol. The highest BCUT2D eigenvalue weighted by Crippen LogP contribution is 2.34. The van der Waals surface area contributed by atoms with Crippen molar-refractivity contribution in [2.45, 2.75) is 57.3 Å². The first-order valence-corrected chi connectivity index (χ1v) is 12.9. The summed E-state index contributed by atoms with van der Waals surface area (Å²) < 4.78 is 1.71. The van der Waals surface area contributed by atoms with E-state index in [9.17, 15) is 9.59 Å². The lowest BCUT2D eigenvalue weighted by molar-refractivity contribution is -0.132. The van der Waals surface area contributed by atoms with E-state index in [0.29, 0.717) is 28.9 Å². The van der Waals surface area contributed by atoms with E-state index in [1.165, 1.54) is 29.5 Å². The molecule has 5 nitrogen and oxygen atoms in total. The van der Waals surface area contributed by atoms with Gasteiger partial charge in [0, 0.05) is 35.0 Å². The highest BCUT2D eigenvalue weighted by molar-refractivity contribution is 7.99. The van der Waals surface area contributed by atoms with E-state index in [2.05, 4.69) is 6.92 Å². The zero-order valence-electron chi connectivity index (χ0n) is 16.7. The molecule has 1 aliphatic rings. The SMILES string of the molecule is CCC1CCCCN1C(=O)CSc1nc2scc(-c3cccs3)c2c(=O)n1CC. The molecule has 0 aliphatic carbocycles. The average Bonchev–Trinajstić information content (AvgIpc) is 3.41. The van der Waals surface area contributed by atoms with Crippen LogP contribution < -0.4 is 5.56 Å². The maximum atomic E-state index is 13.2. The van der Waals surface area contributed by atoms with Crippen LogP contribution in [0.15, 0.2) is 32.8 Å². The molecule has 0 radical (unpaired) electrons. The number of thioether (sulfide) groups is 1. The Kier molecular flexibility index (Phi) is 6.41. The van der Waals surface area contributed by atoms with Gasteiger partial charge in [0.15, 0.2) is 5.16 Å². The fourth-order valence-corrected chi connectivity index (χ4v) is 6.72. The lowest BCUT2D eigenvalue weighted by Gasteiger charge is -2.35. The molecule has 1 saturated heterocycles. The number of hydrogen-bond donors (Lipinski definition) is 0. The third-order valence-electron chi connectivity index (χ3n) is 5.51. The van der Waals surface area contributed by atoms with E-state index < -0.39 is 0 Å². The van der Waals surface area contributed by atoms with E-state index in [4.69, 9.17) is 4.98 Å². The van der Waals surface area contributed by atoms with E-state index in [-0.39, 0.29) is 11.5 Å². The lowest BCUT2D eigenvalue weighted by Crippen LogP contribution is -2.44. The van der Waals surface area contributed by atoms with Crippen LogP contribution >= 0.6 is 34.4 Å². The van der Waals surface area contributed by atoms with Gasteiger partial charge in [-0.05, 0) is 44.1 Å². The summed E-state index contributed by atoms with van der Waals surface area (Å²) in [5, 5.41) is 5.37. The Morgan fingerprint density at radius 1 is 1.31 bits per heavy atom. The van der Waals surface area contributed by atoms with Crippen LogP contribution in [0.5, 0.6) is 0 Å². The van der Waals surface area contributed by atoms with E-state index >= 15 is 0 Å². The first-order valence-electron chi connectivity index (χ1n) is 10.1. The molecule has 4 heterocycles. The van der Waals surface area contributed by atoms with Crippen LogP contribution in [0.25, 0.3) is 20.7 Å². The Balaban J connectivity index is 1.61. The number of carbonyl (C=O) groups is 1. The minimum Gasteiger partial charge on any atom is -0.339 e. The van der Waals surface area contributed by atoms with E-state index in [0.717, 1.165) is 41.1 Å². The highest BCUT2D eigenvalue weighted by atomic mass is 32.2. The summed E-state index contributed by atoms with van der Waals surface area (Å²) >= 11 is 4.52. The number of piperidine rings is 1. The van der Waals surface area contributed by atoms with Crippen LogP contribution in [0.1, 0.15) is 39.5 Å². The minimum atomic E-state index is -0.0125. The van der Waals surface area contributed by atoms with E-state index in [1.807, 2.05) is 34.7 Å². The summed E-state index contributed by atoms with van der Waals surface area (Å²) in [6, 6.07) is 4.38. The molecule has 4 rings (SSSR count). The molecular formula is C21H25N3O2S3. The number of likely N-dealkylation sites (tertiary alicyclic amines) is 1. The Hall–Kier alpha value is -1.64. The zero-order valence-corrected chi connectivity index (χ0v) is 19.2. The molecule has 1 fully saturated rings. The van der Waals surface area contributed by atoms with Gasteiger partial charge in [0.1, 0.15) is 4.83 Å². The van der Waals surface area contributed by atoms with Crippen molar-refractivity contribution in [1.82, 2.24) is 14.5 Å². The number of carbonyl (C=O) groups excluding carboxylic acids is 1. The maximum Gasteiger partial charge on any atom is 0.263 e.